The van der Waals surface area contributed by atoms with E-state index in [4.69, 9.17) is 0 Å². The number of fused-ring (bicyclic) bond motifs is 1. The third-order valence-corrected chi connectivity index (χ3v) is 3.67. The molecule has 1 aromatic heterocycles. The highest BCUT2D eigenvalue weighted by Gasteiger charge is 2.22. The van der Waals surface area contributed by atoms with Crippen LogP contribution in [0.1, 0.15) is 45.2 Å². The molecule has 17 heavy (non-hydrogen) atoms. The van der Waals surface area contributed by atoms with E-state index in [0.717, 1.165) is 23.4 Å². The van der Waals surface area contributed by atoms with Crippen LogP contribution < -0.4 is 5.32 Å². The molecule has 2 rings (SSSR count). The monoisotopic (exact) mass is 232 g/mol. The summed E-state index contributed by atoms with van der Waals surface area (Å²) in [5.74, 6) is 0.771. The Morgan fingerprint density at radius 2 is 2.18 bits per heavy atom. The average Bonchev–Trinajstić information content (AvgIpc) is 2.28. The standard InChI is InChI=1S/C14H20N2O/c1-5-14(3,4)10-7-11-9(2)6-12(17)16-13(11)15-8-10/h6-8,12,17H,5H2,1-4H3,(H,15,16). The first kappa shape index (κ1) is 12.1. The van der Waals surface area contributed by atoms with Gasteiger partial charge in [0.1, 0.15) is 12.0 Å². The van der Waals surface area contributed by atoms with Gasteiger partial charge in [0.05, 0.1) is 0 Å². The van der Waals surface area contributed by atoms with Crippen molar-refractivity contribution < 1.29 is 5.11 Å². The van der Waals surface area contributed by atoms with E-state index < -0.39 is 6.23 Å². The first-order chi connectivity index (χ1) is 7.94. The van der Waals surface area contributed by atoms with Crippen molar-refractivity contribution in [3.8, 4) is 0 Å². The Balaban J connectivity index is 2.47. The number of pyridine rings is 1. The molecule has 92 valence electrons. The van der Waals surface area contributed by atoms with Crippen molar-refractivity contribution in [3.63, 3.8) is 0 Å². The third-order valence-electron chi connectivity index (χ3n) is 3.67. The Bertz CT molecular complexity index is 463. The van der Waals surface area contributed by atoms with Crippen LogP contribution in [-0.2, 0) is 5.41 Å². The van der Waals surface area contributed by atoms with Gasteiger partial charge in [-0.05, 0) is 42.0 Å². The Morgan fingerprint density at radius 3 is 2.82 bits per heavy atom. The van der Waals surface area contributed by atoms with Crippen molar-refractivity contribution in [2.45, 2.75) is 45.8 Å². The zero-order valence-electron chi connectivity index (χ0n) is 10.9. The van der Waals surface area contributed by atoms with Gasteiger partial charge in [0.25, 0.3) is 0 Å². The van der Waals surface area contributed by atoms with Crippen LogP contribution in [-0.4, -0.2) is 16.3 Å². The molecule has 0 fully saturated rings. The van der Waals surface area contributed by atoms with Crippen molar-refractivity contribution >= 4 is 11.4 Å². The lowest BCUT2D eigenvalue weighted by Crippen LogP contribution is -2.23. The molecule has 1 unspecified atom stereocenters. The second-order valence-corrected chi connectivity index (χ2v) is 5.30. The molecule has 0 aromatic carbocycles. The van der Waals surface area contributed by atoms with Gasteiger partial charge in [0, 0.05) is 11.8 Å². The van der Waals surface area contributed by atoms with E-state index in [-0.39, 0.29) is 5.41 Å². The van der Waals surface area contributed by atoms with E-state index in [1.54, 1.807) is 0 Å². The lowest BCUT2D eigenvalue weighted by atomic mass is 9.82. The zero-order valence-corrected chi connectivity index (χ0v) is 10.9. The van der Waals surface area contributed by atoms with Crippen molar-refractivity contribution in [2.24, 2.45) is 0 Å². The summed E-state index contributed by atoms with van der Waals surface area (Å²) >= 11 is 0. The minimum Gasteiger partial charge on any atom is -0.370 e. The summed E-state index contributed by atoms with van der Waals surface area (Å²) in [7, 11) is 0. The maximum atomic E-state index is 9.57. The Labute approximate surface area is 103 Å². The van der Waals surface area contributed by atoms with Crippen LogP contribution in [0.15, 0.2) is 18.3 Å². The predicted molar refractivity (Wildman–Crippen MR) is 70.8 cm³/mol. The normalized spacial score (nSPS) is 19.4. The minimum atomic E-state index is -0.625. The van der Waals surface area contributed by atoms with Gasteiger partial charge < -0.3 is 10.4 Å². The fourth-order valence-corrected chi connectivity index (χ4v) is 1.96. The molecular weight excluding hydrogens is 212 g/mol. The molecule has 2 N–H and O–H groups in total. The molecule has 1 aliphatic rings. The molecule has 1 aromatic rings. The molecule has 0 spiro atoms. The first-order valence-electron chi connectivity index (χ1n) is 6.08. The highest BCUT2D eigenvalue weighted by molar-refractivity contribution is 5.76. The summed E-state index contributed by atoms with van der Waals surface area (Å²) in [5.41, 5.74) is 3.55. The van der Waals surface area contributed by atoms with Gasteiger partial charge in [-0.1, -0.05) is 20.8 Å². The molecule has 0 aliphatic carbocycles. The van der Waals surface area contributed by atoms with Crippen LogP contribution in [0.4, 0.5) is 5.82 Å². The van der Waals surface area contributed by atoms with Gasteiger partial charge in [0.15, 0.2) is 0 Å². The van der Waals surface area contributed by atoms with Crippen molar-refractivity contribution in [2.75, 3.05) is 5.32 Å². The number of nitrogens with one attached hydrogen (secondary N) is 1. The van der Waals surface area contributed by atoms with Gasteiger partial charge in [0.2, 0.25) is 0 Å². The molecule has 0 bridgehead atoms. The van der Waals surface area contributed by atoms with Crippen LogP contribution in [0.2, 0.25) is 0 Å². The molecule has 0 saturated heterocycles. The number of nitrogens with zero attached hydrogens (tertiary/aromatic N) is 1. The number of hydrogen-bond donors (Lipinski definition) is 2. The second kappa shape index (κ2) is 4.15. The van der Waals surface area contributed by atoms with E-state index in [1.165, 1.54) is 5.56 Å². The molecule has 3 nitrogen and oxygen atoms in total. The number of rotatable bonds is 2. The zero-order chi connectivity index (χ0) is 12.6. The van der Waals surface area contributed by atoms with Crippen LogP contribution in [0.25, 0.3) is 5.57 Å². The predicted octanol–water partition coefficient (Wildman–Crippen LogP) is 2.92. The maximum Gasteiger partial charge on any atom is 0.145 e. The average molecular weight is 232 g/mol. The van der Waals surface area contributed by atoms with Crippen LogP contribution in [0.5, 0.6) is 0 Å². The SMILES string of the molecule is CCC(C)(C)c1cnc2c(c1)C(C)=CC(O)N2. The van der Waals surface area contributed by atoms with E-state index in [2.05, 4.69) is 37.1 Å². The van der Waals surface area contributed by atoms with Crippen molar-refractivity contribution in [1.29, 1.82) is 0 Å². The van der Waals surface area contributed by atoms with Crippen LogP contribution in [0, 0.1) is 0 Å². The molecule has 1 aliphatic heterocycles. The van der Waals surface area contributed by atoms with E-state index in [1.807, 2.05) is 19.2 Å². The fourth-order valence-electron chi connectivity index (χ4n) is 1.96. The molecule has 0 amide bonds. The highest BCUT2D eigenvalue weighted by Crippen LogP contribution is 2.33. The number of anilines is 1. The fraction of sp³-hybridized carbons (Fsp3) is 0.500. The van der Waals surface area contributed by atoms with Crippen molar-refractivity contribution in [1.82, 2.24) is 4.98 Å². The quantitative estimate of drug-likeness (QED) is 0.824. The van der Waals surface area contributed by atoms with E-state index in [9.17, 15) is 5.11 Å². The molecule has 0 radical (unpaired) electrons. The highest BCUT2D eigenvalue weighted by atomic mass is 16.3. The summed E-state index contributed by atoms with van der Waals surface area (Å²) in [4.78, 5) is 4.42. The number of aromatic nitrogens is 1. The van der Waals surface area contributed by atoms with Crippen molar-refractivity contribution in [3.05, 3.63) is 29.5 Å². The summed E-state index contributed by atoms with van der Waals surface area (Å²) < 4.78 is 0. The van der Waals surface area contributed by atoms with E-state index >= 15 is 0 Å². The summed E-state index contributed by atoms with van der Waals surface area (Å²) in [6, 6.07) is 2.18. The second-order valence-electron chi connectivity index (χ2n) is 5.30. The minimum absolute atomic E-state index is 0.137. The summed E-state index contributed by atoms with van der Waals surface area (Å²) in [5, 5.41) is 12.5. The molecule has 1 atom stereocenters. The number of aliphatic hydroxyl groups excluding tert-OH is 1. The Hall–Kier alpha value is -1.35. The summed E-state index contributed by atoms with van der Waals surface area (Å²) in [6.07, 6.45) is 4.17. The Morgan fingerprint density at radius 1 is 1.47 bits per heavy atom. The van der Waals surface area contributed by atoms with Gasteiger partial charge in [-0.2, -0.15) is 0 Å². The topological polar surface area (TPSA) is 45.2 Å². The van der Waals surface area contributed by atoms with E-state index in [0.29, 0.717) is 0 Å². The van der Waals surface area contributed by atoms with Gasteiger partial charge in [-0.15, -0.1) is 0 Å². The number of allylic oxidation sites excluding steroid dienone is 1. The first-order valence-corrected chi connectivity index (χ1v) is 6.08. The molecule has 2 heterocycles. The molecular formula is C14H20N2O. The van der Waals surface area contributed by atoms with Gasteiger partial charge >= 0.3 is 0 Å². The van der Waals surface area contributed by atoms with Crippen LogP contribution >= 0.6 is 0 Å². The van der Waals surface area contributed by atoms with Gasteiger partial charge in [-0.3, -0.25) is 0 Å². The Kier molecular flexibility index (Phi) is 2.96. The summed E-state index contributed by atoms with van der Waals surface area (Å²) in [6.45, 7) is 8.64. The van der Waals surface area contributed by atoms with Gasteiger partial charge in [-0.25, -0.2) is 4.98 Å². The lowest BCUT2D eigenvalue weighted by molar-refractivity contribution is 0.251. The smallest absolute Gasteiger partial charge is 0.145 e. The third kappa shape index (κ3) is 2.20. The number of aliphatic hydroxyl groups is 1. The molecule has 0 saturated carbocycles. The van der Waals surface area contributed by atoms with Crippen LogP contribution in [0.3, 0.4) is 0 Å². The molecule has 3 heteroatoms. The largest absolute Gasteiger partial charge is 0.370 e. The maximum absolute atomic E-state index is 9.57. The lowest BCUT2D eigenvalue weighted by Gasteiger charge is -2.26. The number of hydrogen-bond acceptors (Lipinski definition) is 3.